The first-order valence-electron chi connectivity index (χ1n) is 14.9. The summed E-state index contributed by atoms with van der Waals surface area (Å²) in [6.45, 7) is 14.2. The van der Waals surface area contributed by atoms with Gasteiger partial charge in [0.1, 0.15) is 6.61 Å². The minimum atomic E-state index is 0.217. The monoisotopic (exact) mass is 553 g/mol. The number of H-pyrrole nitrogens is 1. The summed E-state index contributed by atoms with van der Waals surface area (Å²) in [4.78, 5) is 13.7. The molecule has 3 aromatic heterocycles. The maximum atomic E-state index is 11.2. The van der Waals surface area contributed by atoms with E-state index in [0.717, 1.165) is 97.5 Å². The first-order valence-corrected chi connectivity index (χ1v) is 14.9. The number of nitrogens with zero attached hydrogens (tertiary/aromatic N) is 6. The number of rotatable bonds is 7. The zero-order valence-electron chi connectivity index (χ0n) is 24.5. The lowest BCUT2D eigenvalue weighted by atomic mass is 9.85. The standard InChI is InChI=1S/C32H39N7O2/c1-5-37-11-13-38(14-12-37)15-16-39-27-10-7-21(20(3)35-41-6-2)17-23(27)29-24-18-33-32(40)30(24)28-22(31(29)39)8-9-26-25(28)19-36(4)34-26/h7,10,17-19,33,40H,5-6,8-9,11-16H2,1-4H3. The maximum absolute atomic E-state index is 11.2. The Balaban J connectivity index is 1.47. The van der Waals surface area contributed by atoms with Gasteiger partial charge in [-0.2, -0.15) is 5.10 Å². The summed E-state index contributed by atoms with van der Waals surface area (Å²) in [5.74, 6) is 0.217. The molecular weight excluding hydrogens is 514 g/mol. The highest BCUT2D eigenvalue weighted by Gasteiger charge is 2.30. The molecule has 5 aromatic rings. The van der Waals surface area contributed by atoms with E-state index >= 15 is 0 Å². The highest BCUT2D eigenvalue weighted by atomic mass is 16.6. The average molecular weight is 554 g/mol. The minimum absolute atomic E-state index is 0.217. The second-order valence-corrected chi connectivity index (χ2v) is 11.4. The van der Waals surface area contributed by atoms with E-state index in [0.29, 0.717) is 6.61 Å². The van der Waals surface area contributed by atoms with Gasteiger partial charge < -0.3 is 24.4 Å². The van der Waals surface area contributed by atoms with Gasteiger partial charge in [0.25, 0.3) is 0 Å². The van der Waals surface area contributed by atoms with Gasteiger partial charge in [-0.25, -0.2) is 0 Å². The van der Waals surface area contributed by atoms with Crippen LogP contribution in [0.15, 0.2) is 35.7 Å². The molecular formula is C32H39N7O2. The number of likely N-dealkylation sites (N-methyl/N-ethyl adjacent to an activating group) is 1. The van der Waals surface area contributed by atoms with Gasteiger partial charge in [0.05, 0.1) is 22.3 Å². The fourth-order valence-corrected chi connectivity index (χ4v) is 7.03. The molecule has 0 unspecified atom stereocenters. The molecule has 1 saturated heterocycles. The van der Waals surface area contributed by atoms with Crippen molar-refractivity contribution in [3.05, 3.63) is 47.4 Å². The van der Waals surface area contributed by atoms with Crippen molar-refractivity contribution in [2.45, 2.75) is 40.2 Å². The molecule has 9 heteroatoms. The largest absolute Gasteiger partial charge is 0.494 e. The van der Waals surface area contributed by atoms with Gasteiger partial charge >= 0.3 is 0 Å². The molecule has 0 saturated carbocycles. The van der Waals surface area contributed by atoms with Crippen molar-refractivity contribution < 1.29 is 9.94 Å². The zero-order chi connectivity index (χ0) is 28.2. The Morgan fingerprint density at radius 3 is 2.63 bits per heavy atom. The summed E-state index contributed by atoms with van der Waals surface area (Å²) in [5.41, 5.74) is 9.04. The van der Waals surface area contributed by atoms with Crippen molar-refractivity contribution in [2.24, 2.45) is 12.2 Å². The molecule has 2 N–H and O–H groups in total. The lowest BCUT2D eigenvalue weighted by molar-refractivity contribution is 0.134. The van der Waals surface area contributed by atoms with Crippen LogP contribution in [0.2, 0.25) is 0 Å². The lowest BCUT2D eigenvalue weighted by Gasteiger charge is -2.34. The molecule has 1 aliphatic heterocycles. The maximum Gasteiger partial charge on any atom is 0.197 e. The second kappa shape index (κ2) is 10.2. The Kier molecular flexibility index (Phi) is 6.51. The van der Waals surface area contributed by atoms with Crippen molar-refractivity contribution in [3.63, 3.8) is 0 Å². The van der Waals surface area contributed by atoms with Gasteiger partial charge in [-0.3, -0.25) is 9.58 Å². The Labute approximate surface area is 240 Å². The van der Waals surface area contributed by atoms with E-state index in [1.54, 1.807) is 0 Å². The van der Waals surface area contributed by atoms with Crippen LogP contribution in [0.1, 0.15) is 37.6 Å². The molecule has 0 atom stereocenters. The predicted molar refractivity (Wildman–Crippen MR) is 165 cm³/mol. The molecule has 9 nitrogen and oxygen atoms in total. The van der Waals surface area contributed by atoms with Crippen LogP contribution in [0.25, 0.3) is 43.7 Å². The second-order valence-electron chi connectivity index (χ2n) is 11.4. The van der Waals surface area contributed by atoms with Crippen molar-refractivity contribution in [2.75, 3.05) is 45.9 Å². The Morgan fingerprint density at radius 2 is 1.85 bits per heavy atom. The number of hydrogen-bond donors (Lipinski definition) is 2. The number of oxime groups is 1. The van der Waals surface area contributed by atoms with Crippen molar-refractivity contribution >= 4 is 38.3 Å². The average Bonchev–Trinajstić information content (AvgIpc) is 3.67. The number of hydrogen-bond acceptors (Lipinski definition) is 6. The number of aromatic hydroxyl groups is 1. The summed E-state index contributed by atoms with van der Waals surface area (Å²) < 4.78 is 4.44. The fraction of sp³-hybridized carbons (Fsp3) is 0.438. The first-order chi connectivity index (χ1) is 20.0. The van der Waals surface area contributed by atoms with E-state index < -0.39 is 0 Å². The highest BCUT2D eigenvalue weighted by molar-refractivity contribution is 6.27. The number of fused-ring (bicyclic) bond motifs is 10. The first kappa shape index (κ1) is 26.1. The summed E-state index contributed by atoms with van der Waals surface area (Å²) in [6.07, 6.45) is 5.86. The van der Waals surface area contributed by atoms with Gasteiger partial charge in [0.15, 0.2) is 5.88 Å². The lowest BCUT2D eigenvalue weighted by Crippen LogP contribution is -2.46. The Morgan fingerprint density at radius 1 is 1.05 bits per heavy atom. The summed E-state index contributed by atoms with van der Waals surface area (Å²) in [5, 5.41) is 24.6. The van der Waals surface area contributed by atoms with Gasteiger partial charge in [-0.1, -0.05) is 18.1 Å². The zero-order valence-corrected chi connectivity index (χ0v) is 24.5. The van der Waals surface area contributed by atoms with Crippen LogP contribution in [0.3, 0.4) is 0 Å². The van der Waals surface area contributed by atoms with Crippen molar-refractivity contribution in [1.82, 2.24) is 29.1 Å². The molecule has 41 heavy (non-hydrogen) atoms. The topological polar surface area (TPSA) is 86.8 Å². The van der Waals surface area contributed by atoms with E-state index in [9.17, 15) is 5.11 Å². The number of nitrogens with one attached hydrogen (secondary N) is 1. The van der Waals surface area contributed by atoms with E-state index in [1.165, 1.54) is 27.4 Å². The van der Waals surface area contributed by atoms with Gasteiger partial charge in [0, 0.05) is 91.5 Å². The Hall–Kier alpha value is -3.82. The smallest absolute Gasteiger partial charge is 0.197 e. The molecule has 2 aliphatic rings. The summed E-state index contributed by atoms with van der Waals surface area (Å²) >= 11 is 0. The van der Waals surface area contributed by atoms with Crippen LogP contribution in [0, 0.1) is 0 Å². The van der Waals surface area contributed by atoms with Crippen LogP contribution < -0.4 is 0 Å². The third-order valence-corrected chi connectivity index (χ3v) is 9.12. The number of benzene rings is 2. The van der Waals surface area contributed by atoms with Gasteiger partial charge in [-0.15, -0.1) is 0 Å². The normalized spacial score (nSPS) is 16.6. The highest BCUT2D eigenvalue weighted by Crippen LogP contribution is 2.49. The van der Waals surface area contributed by atoms with Crippen molar-refractivity contribution in [3.8, 4) is 17.0 Å². The number of piperazine rings is 1. The molecule has 2 aromatic carbocycles. The van der Waals surface area contributed by atoms with E-state index in [1.807, 2.05) is 31.8 Å². The SMILES string of the molecule is CCON=C(C)c1ccc2c(c1)c1c3c[nH]c(O)c3c3c(c1n2CCN1CCN(CC)CC1)CCc1nn(C)cc1-3. The molecule has 4 heterocycles. The molecule has 1 fully saturated rings. The van der Waals surface area contributed by atoms with Crippen LogP contribution in [-0.4, -0.2) is 85.8 Å². The fourth-order valence-electron chi connectivity index (χ4n) is 7.03. The number of aryl methyl sites for hydroxylation is 3. The van der Waals surface area contributed by atoms with E-state index in [-0.39, 0.29) is 5.88 Å². The minimum Gasteiger partial charge on any atom is -0.494 e. The van der Waals surface area contributed by atoms with Crippen LogP contribution in [0.4, 0.5) is 0 Å². The predicted octanol–water partition coefficient (Wildman–Crippen LogP) is 4.88. The molecule has 0 spiro atoms. The molecule has 1 aliphatic carbocycles. The molecule has 7 rings (SSSR count). The Bertz CT molecular complexity index is 1800. The molecule has 0 bridgehead atoms. The third-order valence-electron chi connectivity index (χ3n) is 9.12. The van der Waals surface area contributed by atoms with Gasteiger partial charge in [-0.05, 0) is 56.5 Å². The van der Waals surface area contributed by atoms with Gasteiger partial charge in [0.2, 0.25) is 0 Å². The van der Waals surface area contributed by atoms with Crippen LogP contribution in [-0.2, 0) is 31.3 Å². The number of aromatic amines is 1. The summed E-state index contributed by atoms with van der Waals surface area (Å²) in [7, 11) is 1.98. The van der Waals surface area contributed by atoms with E-state index in [4.69, 9.17) is 9.94 Å². The van der Waals surface area contributed by atoms with Crippen molar-refractivity contribution in [1.29, 1.82) is 0 Å². The molecule has 0 radical (unpaired) electrons. The van der Waals surface area contributed by atoms with Crippen LogP contribution >= 0.6 is 0 Å². The molecule has 0 amide bonds. The molecule has 214 valence electrons. The van der Waals surface area contributed by atoms with E-state index in [2.05, 4.69) is 55.8 Å². The number of aromatic nitrogens is 4. The van der Waals surface area contributed by atoms with Crippen LogP contribution in [0.5, 0.6) is 5.88 Å². The third kappa shape index (κ3) is 4.21. The quantitative estimate of drug-likeness (QED) is 0.222. The summed E-state index contributed by atoms with van der Waals surface area (Å²) in [6, 6.07) is 6.65.